The van der Waals surface area contributed by atoms with Crippen LogP contribution < -0.4 is 5.73 Å². The molecule has 3 N–H and O–H groups in total. The number of amides is 1. The third-order valence-electron chi connectivity index (χ3n) is 3.23. The molecule has 21 heavy (non-hydrogen) atoms. The van der Waals surface area contributed by atoms with Crippen LogP contribution in [0, 0.1) is 0 Å². The number of hydrogen-bond acceptors (Lipinski definition) is 3. The normalized spacial score (nSPS) is 11.6. The summed E-state index contributed by atoms with van der Waals surface area (Å²) in [5.41, 5.74) is 5.78. The molecule has 3 aromatic rings. The molecule has 0 radical (unpaired) electrons. The summed E-state index contributed by atoms with van der Waals surface area (Å²) in [6.45, 7) is 0. The van der Waals surface area contributed by atoms with Crippen LogP contribution in [0.1, 0.15) is 10.5 Å². The van der Waals surface area contributed by atoms with Crippen molar-refractivity contribution in [3.63, 3.8) is 0 Å². The highest BCUT2D eigenvalue weighted by atomic mass is 32.2. The maximum absolute atomic E-state index is 12.8. The van der Waals surface area contributed by atoms with Crippen LogP contribution in [-0.2, 0) is 9.84 Å². The lowest BCUT2D eigenvalue weighted by atomic mass is 10.2. The Bertz CT molecular complexity index is 928. The third-order valence-corrected chi connectivity index (χ3v) is 5.08. The smallest absolute Gasteiger partial charge is 0.266 e. The van der Waals surface area contributed by atoms with Gasteiger partial charge in [0.05, 0.1) is 4.90 Å². The lowest BCUT2D eigenvalue weighted by molar-refractivity contribution is 0.0993. The molecule has 106 valence electrons. The predicted molar refractivity (Wildman–Crippen MR) is 78.7 cm³/mol. The number of para-hydroxylation sites is 1. The molecule has 2 aromatic carbocycles. The SMILES string of the molecule is NC(=O)c1[nH]c2ccccc2c1S(=O)(=O)c1ccccc1. The van der Waals surface area contributed by atoms with Crippen molar-refractivity contribution in [2.45, 2.75) is 9.79 Å². The van der Waals surface area contributed by atoms with E-state index >= 15 is 0 Å². The second kappa shape index (κ2) is 4.75. The molecule has 0 bridgehead atoms. The first-order valence-electron chi connectivity index (χ1n) is 6.22. The first-order valence-corrected chi connectivity index (χ1v) is 7.71. The van der Waals surface area contributed by atoms with Crippen molar-refractivity contribution in [1.82, 2.24) is 4.98 Å². The fraction of sp³-hybridized carbons (Fsp3) is 0. The molecule has 0 aliphatic rings. The number of primary amides is 1. The second-order valence-corrected chi connectivity index (χ2v) is 6.44. The number of carbonyl (C=O) groups excluding carboxylic acids is 1. The molecule has 1 amide bonds. The number of aromatic nitrogens is 1. The van der Waals surface area contributed by atoms with Gasteiger partial charge in [-0.15, -0.1) is 0 Å². The Kier molecular flexibility index (Phi) is 3.03. The van der Waals surface area contributed by atoms with Gasteiger partial charge in [-0.25, -0.2) is 8.42 Å². The molecule has 1 heterocycles. The molecule has 0 atom stereocenters. The first-order chi connectivity index (χ1) is 10.0. The van der Waals surface area contributed by atoms with Gasteiger partial charge in [-0.05, 0) is 18.2 Å². The van der Waals surface area contributed by atoms with E-state index in [0.717, 1.165) is 0 Å². The fourth-order valence-electron chi connectivity index (χ4n) is 2.29. The van der Waals surface area contributed by atoms with Gasteiger partial charge in [-0.3, -0.25) is 4.79 Å². The molecule has 0 fully saturated rings. The zero-order chi connectivity index (χ0) is 15.0. The van der Waals surface area contributed by atoms with Crippen LogP contribution in [0.5, 0.6) is 0 Å². The van der Waals surface area contributed by atoms with Gasteiger partial charge in [-0.2, -0.15) is 0 Å². The minimum absolute atomic E-state index is 0.0724. The number of nitrogens with two attached hydrogens (primary N) is 1. The van der Waals surface area contributed by atoms with E-state index in [9.17, 15) is 13.2 Å². The molecule has 6 heteroatoms. The lowest BCUT2D eigenvalue weighted by Gasteiger charge is -2.05. The molecular formula is C15H12N2O3S. The van der Waals surface area contributed by atoms with E-state index < -0.39 is 15.7 Å². The summed E-state index contributed by atoms with van der Waals surface area (Å²) in [4.78, 5) is 14.4. The Morgan fingerprint density at radius 1 is 0.952 bits per heavy atom. The highest BCUT2D eigenvalue weighted by Gasteiger charge is 2.28. The van der Waals surface area contributed by atoms with Crippen LogP contribution in [0.2, 0.25) is 0 Å². The van der Waals surface area contributed by atoms with Crippen LogP contribution in [0.3, 0.4) is 0 Å². The molecular weight excluding hydrogens is 288 g/mol. The molecule has 0 saturated heterocycles. The number of carbonyl (C=O) groups is 1. The van der Waals surface area contributed by atoms with Crippen LogP contribution in [-0.4, -0.2) is 19.3 Å². The summed E-state index contributed by atoms with van der Waals surface area (Å²) in [6.07, 6.45) is 0. The van der Waals surface area contributed by atoms with E-state index in [1.54, 1.807) is 42.5 Å². The van der Waals surface area contributed by atoms with Gasteiger partial charge in [0.2, 0.25) is 9.84 Å². The molecule has 1 aromatic heterocycles. The highest BCUT2D eigenvalue weighted by molar-refractivity contribution is 7.91. The number of sulfone groups is 1. The zero-order valence-corrected chi connectivity index (χ0v) is 11.7. The quantitative estimate of drug-likeness (QED) is 0.775. The Labute approximate surface area is 121 Å². The number of H-pyrrole nitrogens is 1. The largest absolute Gasteiger partial charge is 0.364 e. The summed E-state index contributed by atoms with van der Waals surface area (Å²) < 4.78 is 25.6. The summed E-state index contributed by atoms with van der Waals surface area (Å²) in [5.74, 6) is -0.805. The van der Waals surface area contributed by atoms with Crippen molar-refractivity contribution in [2.24, 2.45) is 5.73 Å². The Morgan fingerprint density at radius 2 is 1.57 bits per heavy atom. The summed E-state index contributed by atoms with van der Waals surface area (Å²) in [7, 11) is -3.83. The molecule has 0 spiro atoms. The average molecular weight is 300 g/mol. The minimum atomic E-state index is -3.83. The molecule has 0 aliphatic heterocycles. The van der Waals surface area contributed by atoms with Gasteiger partial charge < -0.3 is 10.7 Å². The Morgan fingerprint density at radius 3 is 2.24 bits per heavy atom. The van der Waals surface area contributed by atoms with E-state index in [0.29, 0.717) is 10.9 Å². The fourth-order valence-corrected chi connectivity index (χ4v) is 3.93. The number of aromatic amines is 1. The number of fused-ring (bicyclic) bond motifs is 1. The summed E-state index contributed by atoms with van der Waals surface area (Å²) >= 11 is 0. The van der Waals surface area contributed by atoms with Gasteiger partial charge in [0.25, 0.3) is 5.91 Å². The summed E-state index contributed by atoms with van der Waals surface area (Å²) in [5, 5.41) is 0.454. The number of benzene rings is 2. The first kappa shape index (κ1) is 13.4. The monoisotopic (exact) mass is 300 g/mol. The van der Waals surface area contributed by atoms with Crippen LogP contribution >= 0.6 is 0 Å². The van der Waals surface area contributed by atoms with E-state index in [1.807, 2.05) is 0 Å². The van der Waals surface area contributed by atoms with Gasteiger partial charge in [0.15, 0.2) is 0 Å². The van der Waals surface area contributed by atoms with E-state index in [2.05, 4.69) is 4.98 Å². The van der Waals surface area contributed by atoms with E-state index in [1.165, 1.54) is 12.1 Å². The average Bonchev–Trinajstić information content (AvgIpc) is 2.88. The maximum Gasteiger partial charge on any atom is 0.266 e. The number of hydrogen-bond donors (Lipinski definition) is 2. The molecule has 0 aliphatic carbocycles. The Hall–Kier alpha value is -2.60. The standard InChI is InChI=1S/C15H12N2O3S/c16-15(18)13-14(11-8-4-5-9-12(11)17-13)21(19,20)10-6-2-1-3-7-10/h1-9,17H,(H2,16,18). The van der Waals surface area contributed by atoms with Crippen molar-refractivity contribution in [1.29, 1.82) is 0 Å². The van der Waals surface area contributed by atoms with Crippen molar-refractivity contribution in [3.8, 4) is 0 Å². The second-order valence-electron chi connectivity index (χ2n) is 4.56. The van der Waals surface area contributed by atoms with Crippen molar-refractivity contribution in [2.75, 3.05) is 0 Å². The van der Waals surface area contributed by atoms with Gasteiger partial charge in [0, 0.05) is 10.9 Å². The highest BCUT2D eigenvalue weighted by Crippen LogP contribution is 2.31. The molecule has 0 unspecified atom stereocenters. The van der Waals surface area contributed by atoms with Crippen LogP contribution in [0.25, 0.3) is 10.9 Å². The molecule has 3 rings (SSSR count). The molecule has 0 saturated carbocycles. The van der Waals surface area contributed by atoms with Gasteiger partial charge in [-0.1, -0.05) is 36.4 Å². The maximum atomic E-state index is 12.8. The number of rotatable bonds is 3. The van der Waals surface area contributed by atoms with E-state index in [-0.39, 0.29) is 15.5 Å². The predicted octanol–water partition coefficient (Wildman–Crippen LogP) is 2.10. The van der Waals surface area contributed by atoms with Gasteiger partial charge >= 0.3 is 0 Å². The van der Waals surface area contributed by atoms with E-state index in [4.69, 9.17) is 5.73 Å². The van der Waals surface area contributed by atoms with Gasteiger partial charge in [0.1, 0.15) is 10.6 Å². The number of nitrogens with one attached hydrogen (secondary N) is 1. The Balaban J connectivity index is 2.39. The third kappa shape index (κ3) is 2.09. The topological polar surface area (TPSA) is 93.0 Å². The van der Waals surface area contributed by atoms with Crippen molar-refractivity contribution in [3.05, 3.63) is 60.3 Å². The van der Waals surface area contributed by atoms with Crippen LogP contribution in [0.15, 0.2) is 64.4 Å². The van der Waals surface area contributed by atoms with Crippen molar-refractivity contribution < 1.29 is 13.2 Å². The minimum Gasteiger partial charge on any atom is -0.364 e. The van der Waals surface area contributed by atoms with Crippen LogP contribution in [0.4, 0.5) is 0 Å². The van der Waals surface area contributed by atoms with Crippen molar-refractivity contribution >= 4 is 26.6 Å². The zero-order valence-electron chi connectivity index (χ0n) is 10.9. The molecule has 5 nitrogen and oxygen atoms in total. The lowest BCUT2D eigenvalue weighted by Crippen LogP contribution is -2.16. The summed E-state index contributed by atoms with van der Waals surface area (Å²) in [6, 6.07) is 14.8.